The number of carbonyl (C=O) groups excluding carboxylic acids is 1. The maximum Gasteiger partial charge on any atom is 0.262 e. The van der Waals surface area contributed by atoms with Crippen molar-refractivity contribution in [3.05, 3.63) is 57.7 Å². The van der Waals surface area contributed by atoms with Gasteiger partial charge in [0.25, 0.3) is 5.91 Å². The number of ether oxygens (including phenoxy) is 1. The molecule has 0 bridgehead atoms. The van der Waals surface area contributed by atoms with Gasteiger partial charge in [-0.3, -0.25) is 4.79 Å². The van der Waals surface area contributed by atoms with Gasteiger partial charge in [-0.25, -0.2) is 4.99 Å². The Bertz CT molecular complexity index is 1100. The molecular formula is C22H22ClN3O2S. The van der Waals surface area contributed by atoms with E-state index in [1.54, 1.807) is 11.3 Å². The monoisotopic (exact) mass is 427 g/mol. The van der Waals surface area contributed by atoms with Gasteiger partial charge in [0.2, 0.25) is 0 Å². The second-order valence-corrected chi connectivity index (χ2v) is 8.15. The number of thiazole rings is 1. The van der Waals surface area contributed by atoms with Gasteiger partial charge in [0, 0.05) is 22.0 Å². The highest BCUT2D eigenvalue weighted by Crippen LogP contribution is 2.34. The summed E-state index contributed by atoms with van der Waals surface area (Å²) >= 11 is 7.62. The Kier molecular flexibility index (Phi) is 5.74. The molecule has 5 nitrogen and oxygen atoms in total. The Balaban J connectivity index is 1.84. The van der Waals surface area contributed by atoms with Crippen LogP contribution in [0.4, 0.5) is 11.4 Å². The van der Waals surface area contributed by atoms with Crippen molar-refractivity contribution in [2.45, 2.75) is 32.7 Å². The number of carbonyl (C=O) groups is 1. The van der Waals surface area contributed by atoms with Crippen molar-refractivity contribution in [2.24, 2.45) is 4.99 Å². The van der Waals surface area contributed by atoms with Gasteiger partial charge in [-0.1, -0.05) is 25.4 Å². The van der Waals surface area contributed by atoms with E-state index in [0.717, 1.165) is 34.6 Å². The summed E-state index contributed by atoms with van der Waals surface area (Å²) < 4.78 is 7.79. The lowest BCUT2D eigenvalue weighted by Crippen LogP contribution is -2.25. The number of halogens is 1. The zero-order valence-electron chi connectivity index (χ0n) is 16.3. The summed E-state index contributed by atoms with van der Waals surface area (Å²) in [6, 6.07) is 13.8. The molecule has 1 aliphatic rings. The van der Waals surface area contributed by atoms with Crippen LogP contribution in [-0.2, 0) is 4.79 Å². The Labute approximate surface area is 178 Å². The molecule has 0 aliphatic carbocycles. The fourth-order valence-corrected chi connectivity index (χ4v) is 4.60. The first-order valence-electron chi connectivity index (χ1n) is 9.66. The minimum absolute atomic E-state index is 0.0582. The largest absolute Gasteiger partial charge is 0.482 e. The number of nitrogens with zero attached hydrogens (tertiary/aromatic N) is 2. The van der Waals surface area contributed by atoms with Crippen molar-refractivity contribution < 1.29 is 9.53 Å². The molecule has 29 heavy (non-hydrogen) atoms. The molecule has 1 aromatic heterocycles. The number of hydrogen-bond donors (Lipinski definition) is 1. The van der Waals surface area contributed by atoms with Gasteiger partial charge in [-0.15, -0.1) is 11.3 Å². The van der Waals surface area contributed by atoms with Crippen LogP contribution in [0.1, 0.15) is 32.7 Å². The van der Waals surface area contributed by atoms with Crippen molar-refractivity contribution in [1.29, 1.82) is 0 Å². The van der Waals surface area contributed by atoms with Crippen LogP contribution in [0, 0.1) is 0 Å². The molecule has 0 fully saturated rings. The molecule has 3 aromatic rings. The second kappa shape index (κ2) is 8.43. The zero-order chi connectivity index (χ0) is 20.4. The van der Waals surface area contributed by atoms with Crippen LogP contribution in [0.5, 0.6) is 5.75 Å². The third-order valence-electron chi connectivity index (χ3n) is 5.01. The number of fused-ring (bicyclic) bond motifs is 1. The number of amides is 1. The predicted octanol–water partition coefficient (Wildman–Crippen LogP) is 5.79. The molecule has 0 spiro atoms. The molecule has 2 aromatic carbocycles. The molecule has 1 aliphatic heterocycles. The molecule has 1 amide bonds. The van der Waals surface area contributed by atoms with Crippen molar-refractivity contribution in [3.8, 4) is 17.0 Å². The summed E-state index contributed by atoms with van der Waals surface area (Å²) in [5.41, 5.74) is 3.68. The summed E-state index contributed by atoms with van der Waals surface area (Å²) in [6.45, 7) is 4.44. The minimum atomic E-state index is -0.133. The van der Waals surface area contributed by atoms with Gasteiger partial charge < -0.3 is 14.6 Å². The van der Waals surface area contributed by atoms with E-state index in [2.05, 4.69) is 29.1 Å². The molecular weight excluding hydrogens is 406 g/mol. The molecule has 1 N–H and O–H groups in total. The molecule has 0 atom stereocenters. The SMILES string of the molecule is CCC(CC)n1c(-c2ccc3c(c2)NC(=O)CO3)csc1=Nc1ccc(Cl)cc1. The number of rotatable bonds is 5. The van der Waals surface area contributed by atoms with E-state index in [1.165, 1.54) is 0 Å². The molecule has 150 valence electrons. The van der Waals surface area contributed by atoms with Gasteiger partial charge >= 0.3 is 0 Å². The summed E-state index contributed by atoms with van der Waals surface area (Å²) in [6.07, 6.45) is 2.00. The van der Waals surface area contributed by atoms with Crippen LogP contribution in [0.25, 0.3) is 11.3 Å². The predicted molar refractivity (Wildman–Crippen MR) is 118 cm³/mol. The van der Waals surface area contributed by atoms with Gasteiger partial charge in [0.15, 0.2) is 11.4 Å². The van der Waals surface area contributed by atoms with Crippen molar-refractivity contribution in [2.75, 3.05) is 11.9 Å². The third kappa shape index (κ3) is 4.09. The lowest BCUT2D eigenvalue weighted by Gasteiger charge is -2.21. The minimum Gasteiger partial charge on any atom is -0.482 e. The molecule has 4 rings (SSSR count). The lowest BCUT2D eigenvalue weighted by atomic mass is 10.1. The van der Waals surface area contributed by atoms with Crippen molar-refractivity contribution in [1.82, 2.24) is 4.57 Å². The first-order valence-corrected chi connectivity index (χ1v) is 10.9. The van der Waals surface area contributed by atoms with Gasteiger partial charge in [0.05, 0.1) is 17.1 Å². The highest BCUT2D eigenvalue weighted by Gasteiger charge is 2.19. The van der Waals surface area contributed by atoms with Gasteiger partial charge in [0.1, 0.15) is 5.75 Å². The summed E-state index contributed by atoms with van der Waals surface area (Å²) in [5, 5.41) is 5.71. The van der Waals surface area contributed by atoms with Crippen LogP contribution in [0.2, 0.25) is 5.02 Å². The zero-order valence-corrected chi connectivity index (χ0v) is 17.9. The third-order valence-corrected chi connectivity index (χ3v) is 6.10. The number of aromatic nitrogens is 1. The smallest absolute Gasteiger partial charge is 0.262 e. The number of nitrogens with one attached hydrogen (secondary N) is 1. The fourth-order valence-electron chi connectivity index (χ4n) is 3.49. The van der Waals surface area contributed by atoms with Crippen LogP contribution in [0.3, 0.4) is 0 Å². The number of hydrogen-bond acceptors (Lipinski definition) is 4. The van der Waals surface area contributed by atoms with E-state index in [0.29, 0.717) is 22.5 Å². The average Bonchev–Trinajstić information content (AvgIpc) is 3.13. The summed E-state index contributed by atoms with van der Waals surface area (Å²) in [7, 11) is 0. The Hall–Kier alpha value is -2.57. The second-order valence-electron chi connectivity index (χ2n) is 6.88. The first-order chi connectivity index (χ1) is 14.1. The van der Waals surface area contributed by atoms with Crippen LogP contribution in [-0.4, -0.2) is 17.1 Å². The van der Waals surface area contributed by atoms with E-state index in [9.17, 15) is 4.79 Å². The normalized spacial score (nSPS) is 13.9. The average molecular weight is 428 g/mol. The number of benzene rings is 2. The standard InChI is InChI=1S/C22H22ClN3O2S/c1-3-17(4-2)26-19(13-29-22(26)24-16-8-6-15(23)7-9-16)14-5-10-20-18(11-14)25-21(27)12-28-20/h5-11,13,17H,3-4,12H2,1-2H3,(H,25,27). The quantitative estimate of drug-likeness (QED) is 0.559. The van der Waals surface area contributed by atoms with Crippen LogP contribution >= 0.6 is 22.9 Å². The van der Waals surface area contributed by atoms with E-state index in [1.807, 2.05) is 42.5 Å². The fraction of sp³-hybridized carbons (Fsp3) is 0.273. The molecule has 0 radical (unpaired) electrons. The first kappa shape index (κ1) is 19.7. The highest BCUT2D eigenvalue weighted by atomic mass is 35.5. The maximum absolute atomic E-state index is 11.7. The van der Waals surface area contributed by atoms with Crippen molar-refractivity contribution >= 4 is 40.2 Å². The van der Waals surface area contributed by atoms with Crippen LogP contribution in [0.15, 0.2) is 52.8 Å². The van der Waals surface area contributed by atoms with Crippen LogP contribution < -0.4 is 14.9 Å². The van der Waals surface area contributed by atoms with E-state index >= 15 is 0 Å². The molecule has 0 saturated heterocycles. The molecule has 0 unspecified atom stereocenters. The Morgan fingerprint density at radius 1 is 1.21 bits per heavy atom. The summed E-state index contributed by atoms with van der Waals surface area (Å²) in [5.74, 6) is 0.565. The maximum atomic E-state index is 11.7. The topological polar surface area (TPSA) is 55.6 Å². The highest BCUT2D eigenvalue weighted by molar-refractivity contribution is 7.07. The number of anilines is 1. The Morgan fingerprint density at radius 3 is 2.69 bits per heavy atom. The van der Waals surface area contributed by atoms with Crippen molar-refractivity contribution in [3.63, 3.8) is 0 Å². The van der Waals surface area contributed by atoms with E-state index < -0.39 is 0 Å². The van der Waals surface area contributed by atoms with Gasteiger partial charge in [-0.05, 0) is 55.3 Å². The van der Waals surface area contributed by atoms with E-state index in [4.69, 9.17) is 21.3 Å². The Morgan fingerprint density at radius 2 is 1.97 bits per heavy atom. The molecule has 7 heteroatoms. The molecule has 0 saturated carbocycles. The van der Waals surface area contributed by atoms with E-state index in [-0.39, 0.29) is 12.5 Å². The van der Waals surface area contributed by atoms with Gasteiger partial charge in [-0.2, -0.15) is 0 Å². The molecule has 2 heterocycles. The summed E-state index contributed by atoms with van der Waals surface area (Å²) in [4.78, 5) is 17.5. The lowest BCUT2D eigenvalue weighted by molar-refractivity contribution is -0.118.